The molecule has 0 N–H and O–H groups in total. The van der Waals surface area contributed by atoms with Gasteiger partial charge in [0.1, 0.15) is 0 Å². The van der Waals surface area contributed by atoms with E-state index in [0.717, 1.165) is 16.7 Å². The van der Waals surface area contributed by atoms with Gasteiger partial charge in [0.15, 0.2) is 11.5 Å². The van der Waals surface area contributed by atoms with Crippen LogP contribution in [0.25, 0.3) is 11.1 Å². The Balaban J connectivity index is 2.03. The molecule has 0 amide bonds. The van der Waals surface area contributed by atoms with E-state index in [-0.39, 0.29) is 11.4 Å². The number of sulfonamides is 1. The fourth-order valence-corrected chi connectivity index (χ4v) is 5.24. The molecule has 3 aromatic rings. The highest BCUT2D eigenvalue weighted by molar-refractivity contribution is 7.92. The van der Waals surface area contributed by atoms with E-state index in [0.29, 0.717) is 28.5 Å². The first-order chi connectivity index (χ1) is 14.4. The molecule has 0 aromatic heterocycles. The van der Waals surface area contributed by atoms with Crippen molar-refractivity contribution in [3.05, 3.63) is 65.7 Å². The zero-order valence-electron chi connectivity index (χ0n) is 17.3. The van der Waals surface area contributed by atoms with Crippen LogP contribution in [0.5, 0.6) is 17.2 Å². The van der Waals surface area contributed by atoms with Crippen LogP contribution in [0.4, 0.5) is 5.69 Å². The van der Waals surface area contributed by atoms with Gasteiger partial charge in [0, 0.05) is 6.07 Å². The summed E-state index contributed by atoms with van der Waals surface area (Å²) in [7, 11) is 0.756. The second-order valence-corrected chi connectivity index (χ2v) is 8.88. The van der Waals surface area contributed by atoms with Crippen molar-refractivity contribution in [2.45, 2.75) is 18.4 Å². The van der Waals surface area contributed by atoms with Gasteiger partial charge in [-0.25, -0.2) is 8.42 Å². The fourth-order valence-electron chi connectivity index (χ4n) is 3.79. The molecule has 1 aliphatic rings. The second-order valence-electron chi connectivity index (χ2n) is 7.02. The van der Waals surface area contributed by atoms with Gasteiger partial charge < -0.3 is 14.2 Å². The van der Waals surface area contributed by atoms with E-state index in [2.05, 4.69) is 0 Å². The quantitative estimate of drug-likeness (QED) is 0.606. The summed E-state index contributed by atoms with van der Waals surface area (Å²) in [5.41, 5.74) is 3.93. The van der Waals surface area contributed by atoms with Crippen molar-refractivity contribution in [2.75, 3.05) is 25.6 Å². The number of anilines is 1. The van der Waals surface area contributed by atoms with E-state index < -0.39 is 10.0 Å². The van der Waals surface area contributed by atoms with Crippen molar-refractivity contribution in [1.29, 1.82) is 0 Å². The van der Waals surface area contributed by atoms with Crippen LogP contribution in [0.15, 0.2) is 59.5 Å². The van der Waals surface area contributed by atoms with E-state index >= 15 is 0 Å². The third-order valence-corrected chi connectivity index (χ3v) is 7.06. The summed E-state index contributed by atoms with van der Waals surface area (Å²) in [4.78, 5) is 0.229. The molecule has 30 heavy (non-hydrogen) atoms. The molecule has 1 heterocycles. The van der Waals surface area contributed by atoms with E-state index in [1.54, 1.807) is 30.3 Å². The molecule has 7 heteroatoms. The summed E-state index contributed by atoms with van der Waals surface area (Å²) in [5, 5.41) is 0. The lowest BCUT2D eigenvalue weighted by atomic mass is 9.93. The fraction of sp³-hybridized carbons (Fsp3) is 0.217. The summed E-state index contributed by atoms with van der Waals surface area (Å²) in [5.74, 6) is 1.25. The van der Waals surface area contributed by atoms with Gasteiger partial charge in [0.2, 0.25) is 5.75 Å². The number of ether oxygens (including phenoxy) is 3. The molecule has 4 rings (SSSR count). The van der Waals surface area contributed by atoms with Gasteiger partial charge in [0.25, 0.3) is 10.0 Å². The van der Waals surface area contributed by atoms with Crippen molar-refractivity contribution in [3.8, 4) is 28.4 Å². The highest BCUT2D eigenvalue weighted by Gasteiger charge is 2.36. The Labute approximate surface area is 176 Å². The summed E-state index contributed by atoms with van der Waals surface area (Å²) >= 11 is 0. The first-order valence-corrected chi connectivity index (χ1v) is 10.9. The lowest BCUT2D eigenvalue weighted by Gasteiger charge is -2.33. The Bertz CT molecular complexity index is 1200. The van der Waals surface area contributed by atoms with Crippen molar-refractivity contribution < 1.29 is 22.6 Å². The number of aryl methyl sites for hydroxylation is 1. The Hall–Kier alpha value is -3.19. The predicted octanol–water partition coefficient (Wildman–Crippen LogP) is 4.40. The Morgan fingerprint density at radius 1 is 0.867 bits per heavy atom. The molecule has 0 aliphatic carbocycles. The number of nitrogens with zero attached hydrogens (tertiary/aromatic N) is 1. The van der Waals surface area contributed by atoms with E-state index in [4.69, 9.17) is 14.2 Å². The molecule has 0 unspecified atom stereocenters. The average molecular weight is 426 g/mol. The number of methoxy groups -OCH3 is 3. The summed E-state index contributed by atoms with van der Waals surface area (Å²) in [6, 6.07) is 16.2. The molecular formula is C23H23NO5S. The molecule has 0 fully saturated rings. The van der Waals surface area contributed by atoms with Crippen LogP contribution in [-0.2, 0) is 16.6 Å². The van der Waals surface area contributed by atoms with Crippen LogP contribution in [0.2, 0.25) is 0 Å². The van der Waals surface area contributed by atoms with Crippen molar-refractivity contribution in [3.63, 3.8) is 0 Å². The minimum Gasteiger partial charge on any atom is -0.493 e. The summed E-state index contributed by atoms with van der Waals surface area (Å²) in [6.45, 7) is 2.13. The van der Waals surface area contributed by atoms with E-state index in [9.17, 15) is 8.42 Å². The molecule has 0 bridgehead atoms. The van der Waals surface area contributed by atoms with E-state index in [1.807, 2.05) is 31.2 Å². The maximum absolute atomic E-state index is 13.6. The maximum atomic E-state index is 13.6. The smallest absolute Gasteiger partial charge is 0.264 e. The molecule has 156 valence electrons. The topological polar surface area (TPSA) is 65.1 Å². The first-order valence-electron chi connectivity index (χ1n) is 9.43. The van der Waals surface area contributed by atoms with Crippen LogP contribution in [0, 0.1) is 6.92 Å². The number of hydrogen-bond acceptors (Lipinski definition) is 5. The van der Waals surface area contributed by atoms with Crippen LogP contribution < -0.4 is 18.5 Å². The molecule has 1 aliphatic heterocycles. The summed E-state index contributed by atoms with van der Waals surface area (Å²) < 4.78 is 45.4. The molecule has 0 spiro atoms. The zero-order chi connectivity index (χ0) is 21.5. The SMILES string of the molecule is COc1cc2c(c(OC)c1OC)-c1ccccc1CN2S(=O)(=O)c1ccc(C)cc1. The number of rotatable bonds is 5. The average Bonchev–Trinajstić information content (AvgIpc) is 2.77. The van der Waals surface area contributed by atoms with Gasteiger partial charge in [-0.1, -0.05) is 42.0 Å². The van der Waals surface area contributed by atoms with Crippen LogP contribution >= 0.6 is 0 Å². The second kappa shape index (κ2) is 7.57. The maximum Gasteiger partial charge on any atom is 0.264 e. The summed E-state index contributed by atoms with van der Waals surface area (Å²) in [6.07, 6.45) is 0. The molecule has 6 nitrogen and oxygen atoms in total. The number of hydrogen-bond donors (Lipinski definition) is 0. The molecule has 0 saturated carbocycles. The third kappa shape index (κ3) is 3.06. The van der Waals surface area contributed by atoms with Gasteiger partial charge in [-0.15, -0.1) is 0 Å². The monoisotopic (exact) mass is 425 g/mol. The zero-order valence-corrected chi connectivity index (χ0v) is 18.1. The van der Waals surface area contributed by atoms with E-state index in [1.165, 1.54) is 25.6 Å². The van der Waals surface area contributed by atoms with Gasteiger partial charge in [-0.2, -0.15) is 0 Å². The van der Waals surface area contributed by atoms with Crippen molar-refractivity contribution >= 4 is 15.7 Å². The van der Waals surface area contributed by atoms with Gasteiger partial charge in [0.05, 0.1) is 44.0 Å². The Kier molecular flexibility index (Phi) is 5.07. The van der Waals surface area contributed by atoms with Crippen LogP contribution in [-0.4, -0.2) is 29.7 Å². The minimum absolute atomic E-state index is 0.206. The van der Waals surface area contributed by atoms with Crippen molar-refractivity contribution in [1.82, 2.24) is 0 Å². The minimum atomic E-state index is -3.82. The highest BCUT2D eigenvalue weighted by atomic mass is 32.2. The number of fused-ring (bicyclic) bond motifs is 3. The third-order valence-electron chi connectivity index (χ3n) is 5.29. The molecule has 0 saturated heterocycles. The van der Waals surface area contributed by atoms with Crippen molar-refractivity contribution in [2.24, 2.45) is 0 Å². The van der Waals surface area contributed by atoms with Gasteiger partial charge >= 0.3 is 0 Å². The normalized spacial score (nSPS) is 12.7. The van der Waals surface area contributed by atoms with Gasteiger partial charge in [-0.05, 0) is 30.2 Å². The molecular weight excluding hydrogens is 402 g/mol. The van der Waals surface area contributed by atoms with Crippen LogP contribution in [0.1, 0.15) is 11.1 Å². The molecule has 3 aromatic carbocycles. The lowest BCUT2D eigenvalue weighted by Crippen LogP contribution is -2.33. The molecule has 0 radical (unpaired) electrons. The van der Waals surface area contributed by atoms with Gasteiger partial charge in [-0.3, -0.25) is 4.31 Å². The number of benzene rings is 3. The molecule has 0 atom stereocenters. The predicted molar refractivity (Wildman–Crippen MR) is 116 cm³/mol. The standard InChI is InChI=1S/C23H23NO5S/c1-15-9-11-17(12-10-15)30(25,26)24-14-16-7-5-6-8-18(16)21-19(24)13-20(27-2)22(28-3)23(21)29-4/h5-13H,14H2,1-4H3. The lowest BCUT2D eigenvalue weighted by molar-refractivity contribution is 0.325. The largest absolute Gasteiger partial charge is 0.493 e. The van der Waals surface area contributed by atoms with Crippen LogP contribution in [0.3, 0.4) is 0 Å². The Morgan fingerprint density at radius 3 is 2.17 bits per heavy atom. The first kappa shape index (κ1) is 20.1. The Morgan fingerprint density at radius 2 is 1.53 bits per heavy atom. The highest BCUT2D eigenvalue weighted by Crippen LogP contribution is 2.54.